The van der Waals surface area contributed by atoms with Crippen molar-refractivity contribution in [1.29, 1.82) is 0 Å². The molecule has 0 spiro atoms. The Bertz CT molecular complexity index is 1130. The van der Waals surface area contributed by atoms with E-state index in [1.807, 2.05) is 30.3 Å². The highest BCUT2D eigenvalue weighted by atomic mass is 19.1. The van der Waals surface area contributed by atoms with E-state index in [-0.39, 0.29) is 17.7 Å². The molecule has 0 atom stereocenters. The van der Waals surface area contributed by atoms with Gasteiger partial charge in [0, 0.05) is 32.0 Å². The summed E-state index contributed by atoms with van der Waals surface area (Å²) < 4.78 is 15.0. The van der Waals surface area contributed by atoms with Gasteiger partial charge in [-0.15, -0.1) is 0 Å². The third-order valence-corrected chi connectivity index (χ3v) is 4.75. The third-order valence-electron chi connectivity index (χ3n) is 4.75. The molecule has 0 bridgehead atoms. The fraction of sp³-hybridized carbons (Fsp3) is 0.208. The molecule has 1 aromatic heterocycles. The smallest absolute Gasteiger partial charge is 0.257 e. The summed E-state index contributed by atoms with van der Waals surface area (Å²) in [6.07, 6.45) is 3.59. The topological polar surface area (TPSA) is 80.2 Å². The molecule has 2 aromatic carbocycles. The summed E-state index contributed by atoms with van der Waals surface area (Å²) in [5, 5.41) is 5.24. The number of nitrogens with one attached hydrogen (secondary N) is 2. The number of aromatic nitrogens is 1. The number of hydrogen-bond acceptors (Lipinski definition) is 3. The van der Waals surface area contributed by atoms with Crippen LogP contribution in [0, 0.1) is 5.82 Å². The van der Waals surface area contributed by atoms with Crippen LogP contribution in [-0.4, -0.2) is 22.9 Å². The number of rotatable bonds is 8. The summed E-state index contributed by atoms with van der Waals surface area (Å²) in [6, 6.07) is 15.6. The van der Waals surface area contributed by atoms with Gasteiger partial charge >= 0.3 is 0 Å². The number of aryl methyl sites for hydroxylation is 2. The van der Waals surface area contributed by atoms with E-state index in [9.17, 15) is 18.8 Å². The lowest BCUT2D eigenvalue weighted by molar-refractivity contribution is 0.0948. The van der Waals surface area contributed by atoms with Crippen molar-refractivity contribution in [2.45, 2.75) is 26.4 Å². The Morgan fingerprint density at radius 1 is 0.903 bits per heavy atom. The molecule has 0 radical (unpaired) electrons. The zero-order chi connectivity index (χ0) is 22.2. The van der Waals surface area contributed by atoms with Crippen LogP contribution in [0.2, 0.25) is 0 Å². The van der Waals surface area contributed by atoms with Gasteiger partial charge in [-0.25, -0.2) is 4.39 Å². The molecule has 0 aliphatic carbocycles. The Morgan fingerprint density at radius 2 is 1.55 bits per heavy atom. The first-order valence-electron chi connectivity index (χ1n) is 10.1. The summed E-state index contributed by atoms with van der Waals surface area (Å²) in [5.74, 6) is -1.55. The summed E-state index contributed by atoms with van der Waals surface area (Å²) in [7, 11) is 0. The number of amides is 2. The highest BCUT2D eigenvalue weighted by Gasteiger charge is 2.19. The molecule has 7 heteroatoms. The normalized spacial score (nSPS) is 10.5. The first-order valence-corrected chi connectivity index (χ1v) is 10.1. The van der Waals surface area contributed by atoms with Crippen molar-refractivity contribution in [3.63, 3.8) is 0 Å². The van der Waals surface area contributed by atoms with Gasteiger partial charge < -0.3 is 15.2 Å². The molecule has 0 aliphatic heterocycles. The predicted octanol–water partition coefficient (Wildman–Crippen LogP) is 2.91. The molecule has 1 heterocycles. The van der Waals surface area contributed by atoms with E-state index in [1.165, 1.54) is 24.5 Å². The van der Waals surface area contributed by atoms with E-state index < -0.39 is 23.1 Å². The molecule has 0 saturated carbocycles. The third kappa shape index (κ3) is 5.88. The van der Waals surface area contributed by atoms with E-state index in [0.29, 0.717) is 25.1 Å². The molecular formula is C24H24FN3O3. The number of carbonyl (C=O) groups is 2. The molecule has 2 N–H and O–H groups in total. The maximum atomic E-state index is 13.4. The predicted molar refractivity (Wildman–Crippen MR) is 116 cm³/mol. The van der Waals surface area contributed by atoms with Crippen LogP contribution in [0.5, 0.6) is 0 Å². The average molecular weight is 421 g/mol. The Balaban J connectivity index is 1.85. The van der Waals surface area contributed by atoms with Crippen LogP contribution in [0.3, 0.4) is 0 Å². The number of nitrogens with zero attached hydrogens (tertiary/aromatic N) is 1. The zero-order valence-corrected chi connectivity index (χ0v) is 17.2. The summed E-state index contributed by atoms with van der Waals surface area (Å²) >= 11 is 0. The van der Waals surface area contributed by atoms with Crippen LogP contribution < -0.4 is 16.1 Å². The number of hydrogen-bond donors (Lipinski definition) is 2. The monoisotopic (exact) mass is 421 g/mol. The molecular weight excluding hydrogens is 397 g/mol. The maximum Gasteiger partial charge on any atom is 0.257 e. The number of halogens is 1. The lowest BCUT2D eigenvalue weighted by Crippen LogP contribution is -2.35. The van der Waals surface area contributed by atoms with Crippen LogP contribution in [0.1, 0.15) is 38.8 Å². The van der Waals surface area contributed by atoms with Crippen molar-refractivity contribution < 1.29 is 14.0 Å². The second kappa shape index (κ2) is 10.3. The minimum atomic E-state index is -0.640. The van der Waals surface area contributed by atoms with Crippen molar-refractivity contribution in [3.8, 4) is 0 Å². The Morgan fingerprint density at radius 3 is 2.19 bits per heavy atom. The van der Waals surface area contributed by atoms with Gasteiger partial charge in [0.2, 0.25) is 5.43 Å². The molecule has 2 amide bonds. The molecule has 0 saturated heterocycles. The molecule has 0 unspecified atom stereocenters. The lowest BCUT2D eigenvalue weighted by atomic mass is 10.1. The first-order chi connectivity index (χ1) is 15.0. The molecule has 6 nitrogen and oxygen atoms in total. The number of benzene rings is 2. The van der Waals surface area contributed by atoms with Gasteiger partial charge in [0.25, 0.3) is 11.8 Å². The fourth-order valence-electron chi connectivity index (χ4n) is 3.17. The van der Waals surface area contributed by atoms with Gasteiger partial charge in [-0.05, 0) is 36.6 Å². The summed E-state index contributed by atoms with van der Waals surface area (Å²) in [6.45, 7) is 2.66. The highest BCUT2D eigenvalue weighted by molar-refractivity contribution is 5.99. The molecule has 0 fully saturated rings. The molecule has 3 rings (SSSR count). The second-order valence-corrected chi connectivity index (χ2v) is 7.06. The molecule has 160 valence electrons. The SMILES string of the molecule is CCNC(=O)c1cn(CCc2ccccc2)cc(C(=O)NCc2cccc(F)c2)c1=O. The Hall–Kier alpha value is -3.74. The fourth-order valence-corrected chi connectivity index (χ4v) is 3.17. The average Bonchev–Trinajstić information content (AvgIpc) is 2.77. The van der Waals surface area contributed by atoms with Crippen LogP contribution in [0.4, 0.5) is 4.39 Å². The van der Waals surface area contributed by atoms with Crippen molar-refractivity contribution in [1.82, 2.24) is 15.2 Å². The quantitative estimate of drug-likeness (QED) is 0.587. The van der Waals surface area contributed by atoms with Gasteiger partial charge in [-0.2, -0.15) is 0 Å². The summed E-state index contributed by atoms with van der Waals surface area (Å²) in [5.41, 5.74) is 0.802. The van der Waals surface area contributed by atoms with Crippen LogP contribution in [0.15, 0.2) is 71.8 Å². The molecule has 3 aromatic rings. The largest absolute Gasteiger partial charge is 0.352 e. The van der Waals surface area contributed by atoms with E-state index in [1.54, 1.807) is 23.6 Å². The van der Waals surface area contributed by atoms with E-state index >= 15 is 0 Å². The Kier molecular flexibility index (Phi) is 7.32. The van der Waals surface area contributed by atoms with Gasteiger partial charge in [0.05, 0.1) is 0 Å². The lowest BCUT2D eigenvalue weighted by Gasteiger charge is -2.13. The van der Waals surface area contributed by atoms with Crippen molar-refractivity contribution in [3.05, 3.63) is 105 Å². The van der Waals surface area contributed by atoms with Crippen LogP contribution in [-0.2, 0) is 19.5 Å². The standard InChI is InChI=1S/C24H24FN3O3/c1-2-26-23(30)20-15-28(12-11-17-7-4-3-5-8-17)16-21(22(20)29)24(31)27-14-18-9-6-10-19(25)13-18/h3-10,13,15-16H,2,11-12,14H2,1H3,(H,26,30)(H,27,31). The van der Waals surface area contributed by atoms with Gasteiger partial charge in [0.1, 0.15) is 16.9 Å². The van der Waals surface area contributed by atoms with Crippen molar-refractivity contribution >= 4 is 11.8 Å². The van der Waals surface area contributed by atoms with Crippen molar-refractivity contribution in [2.75, 3.05) is 6.54 Å². The van der Waals surface area contributed by atoms with E-state index in [0.717, 1.165) is 5.56 Å². The van der Waals surface area contributed by atoms with E-state index in [4.69, 9.17) is 0 Å². The minimum absolute atomic E-state index is 0.0609. The minimum Gasteiger partial charge on any atom is -0.352 e. The molecule has 31 heavy (non-hydrogen) atoms. The van der Waals surface area contributed by atoms with Crippen LogP contribution >= 0.6 is 0 Å². The maximum absolute atomic E-state index is 13.4. The van der Waals surface area contributed by atoms with Crippen LogP contribution in [0.25, 0.3) is 0 Å². The second-order valence-electron chi connectivity index (χ2n) is 7.06. The summed E-state index contributed by atoms with van der Waals surface area (Å²) in [4.78, 5) is 37.9. The van der Waals surface area contributed by atoms with Crippen molar-refractivity contribution in [2.24, 2.45) is 0 Å². The van der Waals surface area contributed by atoms with Gasteiger partial charge in [-0.3, -0.25) is 14.4 Å². The van der Waals surface area contributed by atoms with E-state index in [2.05, 4.69) is 10.6 Å². The zero-order valence-electron chi connectivity index (χ0n) is 17.2. The highest BCUT2D eigenvalue weighted by Crippen LogP contribution is 2.06. The Labute approximate surface area is 179 Å². The number of pyridine rings is 1. The first kappa shape index (κ1) is 22.0. The number of carbonyl (C=O) groups excluding carboxylic acids is 2. The van der Waals surface area contributed by atoms with Gasteiger partial charge in [-0.1, -0.05) is 42.5 Å². The van der Waals surface area contributed by atoms with Gasteiger partial charge in [0.15, 0.2) is 0 Å². The molecule has 0 aliphatic rings.